The lowest BCUT2D eigenvalue weighted by molar-refractivity contribution is 0.490. The van der Waals surface area contributed by atoms with E-state index in [1.807, 2.05) is 19.1 Å². The molecule has 8 nitrogen and oxygen atoms in total. The van der Waals surface area contributed by atoms with Crippen molar-refractivity contribution in [2.75, 3.05) is 17.7 Å². The van der Waals surface area contributed by atoms with Gasteiger partial charge in [0.2, 0.25) is 17.8 Å². The fraction of sp³-hybridized carbons (Fsp3) is 0.231. The Balaban J connectivity index is 1.82. The van der Waals surface area contributed by atoms with Crippen LogP contribution in [0.2, 0.25) is 0 Å². The highest BCUT2D eigenvalue weighted by Crippen LogP contribution is 2.11. The third-order valence-corrected chi connectivity index (χ3v) is 2.80. The molecule has 0 aliphatic carbocycles. The molecule has 0 radical (unpaired) electrons. The molecule has 3 rings (SSSR count). The molecule has 0 aromatic carbocycles. The van der Waals surface area contributed by atoms with E-state index in [0.29, 0.717) is 24.4 Å². The van der Waals surface area contributed by atoms with Crippen LogP contribution in [-0.4, -0.2) is 31.6 Å². The zero-order valence-electron chi connectivity index (χ0n) is 11.7. The quantitative estimate of drug-likeness (QED) is 0.735. The molecule has 0 aliphatic heterocycles. The number of hydrogen-bond donors (Lipinski definition) is 2. The fourth-order valence-electron chi connectivity index (χ4n) is 1.79. The second-order valence-electron chi connectivity index (χ2n) is 4.37. The molecule has 0 amide bonds. The molecule has 2 N–H and O–H groups in total. The molecule has 0 spiro atoms. The van der Waals surface area contributed by atoms with Crippen LogP contribution in [-0.2, 0) is 6.54 Å². The number of aryl methyl sites for hydroxylation is 1. The lowest BCUT2D eigenvalue weighted by Gasteiger charge is -2.07. The first-order valence-electron chi connectivity index (χ1n) is 6.46. The largest absolute Gasteiger partial charge is 0.465 e. The molecular weight excluding hydrogens is 270 g/mol. The van der Waals surface area contributed by atoms with Crippen molar-refractivity contribution in [1.82, 2.24) is 24.5 Å². The van der Waals surface area contributed by atoms with Gasteiger partial charge in [0.1, 0.15) is 17.8 Å². The molecule has 0 bridgehead atoms. The van der Waals surface area contributed by atoms with Gasteiger partial charge in [0, 0.05) is 19.4 Å². The molecule has 8 heteroatoms. The first-order valence-corrected chi connectivity index (χ1v) is 6.46. The molecular formula is C13H15N7O. The number of nitrogens with zero attached hydrogens (tertiary/aromatic N) is 5. The van der Waals surface area contributed by atoms with Crippen LogP contribution in [0.1, 0.15) is 11.5 Å². The average Bonchev–Trinajstić information content (AvgIpc) is 3.16. The third kappa shape index (κ3) is 2.99. The van der Waals surface area contributed by atoms with Crippen molar-refractivity contribution in [3.63, 3.8) is 0 Å². The van der Waals surface area contributed by atoms with Crippen LogP contribution < -0.4 is 10.6 Å². The smallest absolute Gasteiger partial charge is 0.241 e. The molecule has 21 heavy (non-hydrogen) atoms. The van der Waals surface area contributed by atoms with Crippen LogP contribution in [0.4, 0.5) is 11.9 Å². The number of nitrogens with one attached hydrogen (secondary N) is 2. The summed E-state index contributed by atoms with van der Waals surface area (Å²) in [6.07, 6.45) is 5.07. The van der Waals surface area contributed by atoms with E-state index >= 15 is 0 Å². The molecule has 3 heterocycles. The van der Waals surface area contributed by atoms with E-state index in [-0.39, 0.29) is 0 Å². The van der Waals surface area contributed by atoms with Crippen LogP contribution in [0.5, 0.6) is 0 Å². The first-order chi connectivity index (χ1) is 10.2. The number of anilines is 2. The maximum Gasteiger partial charge on any atom is 0.241 e. The highest BCUT2D eigenvalue weighted by molar-refractivity contribution is 5.37. The van der Waals surface area contributed by atoms with Gasteiger partial charge in [-0.05, 0) is 19.1 Å². The zero-order valence-corrected chi connectivity index (χ0v) is 11.7. The van der Waals surface area contributed by atoms with E-state index in [9.17, 15) is 0 Å². The lowest BCUT2D eigenvalue weighted by Crippen LogP contribution is -2.10. The number of hydrogen-bond acceptors (Lipinski definition) is 7. The summed E-state index contributed by atoms with van der Waals surface area (Å²) < 4.78 is 7.21. The van der Waals surface area contributed by atoms with Crippen molar-refractivity contribution in [2.24, 2.45) is 0 Å². The predicted octanol–water partition coefficient (Wildman–Crippen LogP) is 1.61. The summed E-state index contributed by atoms with van der Waals surface area (Å²) in [4.78, 5) is 16.9. The van der Waals surface area contributed by atoms with Crippen LogP contribution in [0.25, 0.3) is 5.95 Å². The molecule has 108 valence electrons. The highest BCUT2D eigenvalue weighted by Gasteiger charge is 2.07. The van der Waals surface area contributed by atoms with E-state index in [1.165, 1.54) is 0 Å². The molecule has 0 atom stereocenters. The van der Waals surface area contributed by atoms with E-state index in [1.54, 1.807) is 30.3 Å². The second kappa shape index (κ2) is 5.61. The van der Waals surface area contributed by atoms with Gasteiger partial charge in [-0.25, -0.2) is 4.98 Å². The minimum Gasteiger partial charge on any atom is -0.465 e. The Hall–Kier alpha value is -2.90. The summed E-state index contributed by atoms with van der Waals surface area (Å²) in [5, 5.41) is 6.03. The average molecular weight is 285 g/mol. The summed E-state index contributed by atoms with van der Waals surface area (Å²) >= 11 is 0. The fourth-order valence-corrected chi connectivity index (χ4v) is 1.79. The van der Waals surface area contributed by atoms with Gasteiger partial charge in [-0.1, -0.05) is 0 Å². The Morgan fingerprint density at radius 1 is 1.19 bits per heavy atom. The Kier molecular flexibility index (Phi) is 3.50. The molecule has 0 fully saturated rings. The van der Waals surface area contributed by atoms with E-state index < -0.39 is 0 Å². The summed E-state index contributed by atoms with van der Waals surface area (Å²) in [5.74, 6) is 3.13. The van der Waals surface area contributed by atoms with Crippen LogP contribution in [0, 0.1) is 6.92 Å². The van der Waals surface area contributed by atoms with Crippen molar-refractivity contribution in [2.45, 2.75) is 13.5 Å². The summed E-state index contributed by atoms with van der Waals surface area (Å²) in [7, 11) is 1.76. The van der Waals surface area contributed by atoms with Gasteiger partial charge in [0.15, 0.2) is 0 Å². The monoisotopic (exact) mass is 285 g/mol. The Morgan fingerprint density at radius 2 is 2.05 bits per heavy atom. The van der Waals surface area contributed by atoms with Crippen molar-refractivity contribution < 1.29 is 4.42 Å². The van der Waals surface area contributed by atoms with Crippen LogP contribution in [0.15, 0.2) is 35.3 Å². The molecule has 0 aliphatic rings. The first kappa shape index (κ1) is 13.1. The number of rotatable bonds is 5. The Morgan fingerprint density at radius 3 is 2.71 bits per heavy atom. The molecule has 3 aromatic heterocycles. The number of imidazole rings is 1. The minimum atomic E-state index is 0.465. The van der Waals surface area contributed by atoms with Gasteiger partial charge in [0.25, 0.3) is 0 Å². The minimum absolute atomic E-state index is 0.465. The summed E-state index contributed by atoms with van der Waals surface area (Å²) in [6, 6.07) is 3.83. The molecule has 3 aromatic rings. The second-order valence-corrected chi connectivity index (χ2v) is 4.37. The maximum atomic E-state index is 5.50. The maximum absolute atomic E-state index is 5.50. The van der Waals surface area contributed by atoms with E-state index in [4.69, 9.17) is 4.42 Å². The molecule has 0 unspecified atom stereocenters. The van der Waals surface area contributed by atoms with Gasteiger partial charge in [-0.3, -0.25) is 4.57 Å². The predicted molar refractivity (Wildman–Crippen MR) is 77.3 cm³/mol. The highest BCUT2D eigenvalue weighted by atomic mass is 16.3. The summed E-state index contributed by atoms with van der Waals surface area (Å²) in [5.41, 5.74) is 0. The van der Waals surface area contributed by atoms with Crippen molar-refractivity contribution in [3.05, 3.63) is 42.4 Å². The van der Waals surface area contributed by atoms with Crippen molar-refractivity contribution in [1.29, 1.82) is 0 Å². The lowest BCUT2D eigenvalue weighted by atomic mass is 10.4. The Bertz CT molecular complexity index is 720. The van der Waals surface area contributed by atoms with E-state index in [2.05, 4.69) is 30.6 Å². The summed E-state index contributed by atoms with van der Waals surface area (Å²) in [6.45, 7) is 2.41. The topological polar surface area (TPSA) is 93.7 Å². The van der Waals surface area contributed by atoms with Gasteiger partial charge >= 0.3 is 0 Å². The van der Waals surface area contributed by atoms with Gasteiger partial charge in [0.05, 0.1) is 6.54 Å². The normalized spacial score (nSPS) is 10.6. The molecule has 0 saturated heterocycles. The van der Waals surface area contributed by atoms with Gasteiger partial charge in [-0.2, -0.15) is 15.0 Å². The number of aromatic nitrogens is 5. The number of furan rings is 1. The SMILES string of the molecule is CNc1nc(NCc2ccc(C)o2)nc(-n2ccnc2)n1. The zero-order chi connectivity index (χ0) is 14.7. The van der Waals surface area contributed by atoms with Crippen molar-refractivity contribution >= 4 is 11.9 Å². The van der Waals surface area contributed by atoms with E-state index in [0.717, 1.165) is 11.5 Å². The third-order valence-electron chi connectivity index (χ3n) is 2.80. The van der Waals surface area contributed by atoms with Crippen LogP contribution >= 0.6 is 0 Å². The standard InChI is InChI=1S/C13H15N7O/c1-9-3-4-10(21-9)7-16-12-17-11(14-2)18-13(19-12)20-6-5-15-8-20/h3-6,8H,7H2,1-2H3,(H2,14,16,17,18,19). The Labute approximate surface area is 121 Å². The van der Waals surface area contributed by atoms with Crippen LogP contribution in [0.3, 0.4) is 0 Å². The van der Waals surface area contributed by atoms with Gasteiger partial charge in [-0.15, -0.1) is 0 Å². The molecule has 0 saturated carbocycles. The van der Waals surface area contributed by atoms with Gasteiger partial charge < -0.3 is 15.1 Å². The van der Waals surface area contributed by atoms with Crippen molar-refractivity contribution in [3.8, 4) is 5.95 Å².